The van der Waals surface area contributed by atoms with Gasteiger partial charge in [0.25, 0.3) is 0 Å². The van der Waals surface area contributed by atoms with Crippen LogP contribution in [0, 0.1) is 0 Å². The molecule has 0 saturated heterocycles. The number of hydrogen-bond acceptors (Lipinski definition) is 1. The molecule has 0 bridgehead atoms. The summed E-state index contributed by atoms with van der Waals surface area (Å²) in [5.74, 6) is 0. The molecule has 0 radical (unpaired) electrons. The lowest BCUT2D eigenvalue weighted by Crippen LogP contribution is -2.27. The van der Waals surface area contributed by atoms with Crippen LogP contribution in [0.2, 0.25) is 0 Å². The van der Waals surface area contributed by atoms with E-state index in [9.17, 15) is 0 Å². The summed E-state index contributed by atoms with van der Waals surface area (Å²) in [4.78, 5) is 0. The van der Waals surface area contributed by atoms with E-state index in [0.29, 0.717) is 0 Å². The highest BCUT2D eigenvalue weighted by Crippen LogP contribution is 2.24. The first kappa shape index (κ1) is 7.80. The van der Waals surface area contributed by atoms with E-state index in [4.69, 9.17) is 4.74 Å². The molecule has 1 aliphatic carbocycles. The Balaban J connectivity index is 2.48. The van der Waals surface area contributed by atoms with Gasteiger partial charge in [0.1, 0.15) is 0 Å². The van der Waals surface area contributed by atoms with Crippen LogP contribution in [0.15, 0.2) is 12.2 Å². The first-order valence-electron chi connectivity index (χ1n) is 4.08. The molecule has 0 aromatic carbocycles. The Labute approximate surface area is 63.1 Å². The summed E-state index contributed by atoms with van der Waals surface area (Å²) in [5.41, 5.74) is 0.0486. The molecule has 0 fully saturated rings. The lowest BCUT2D eigenvalue weighted by molar-refractivity contribution is 0.00307. The van der Waals surface area contributed by atoms with Crippen molar-refractivity contribution in [1.82, 2.24) is 0 Å². The lowest BCUT2D eigenvalue weighted by Gasteiger charge is -2.28. The molecule has 0 spiro atoms. The maximum atomic E-state index is 5.58. The van der Waals surface area contributed by atoms with Gasteiger partial charge in [-0.15, -0.1) is 0 Å². The molecule has 0 N–H and O–H groups in total. The van der Waals surface area contributed by atoms with Crippen molar-refractivity contribution < 1.29 is 4.74 Å². The highest BCUT2D eigenvalue weighted by molar-refractivity contribution is 5.03. The highest BCUT2D eigenvalue weighted by Gasteiger charge is 2.21. The fourth-order valence-electron chi connectivity index (χ4n) is 1.44. The van der Waals surface area contributed by atoms with Crippen molar-refractivity contribution in [2.45, 2.75) is 38.7 Å². The molecule has 1 rings (SSSR count). The maximum absolute atomic E-state index is 5.58. The molecule has 0 heterocycles. The second kappa shape index (κ2) is 3.20. The summed E-state index contributed by atoms with van der Waals surface area (Å²) >= 11 is 0. The van der Waals surface area contributed by atoms with Gasteiger partial charge in [-0.1, -0.05) is 12.2 Å². The lowest BCUT2D eigenvalue weighted by atomic mass is 9.93. The van der Waals surface area contributed by atoms with Gasteiger partial charge in [-0.05, 0) is 33.1 Å². The zero-order valence-corrected chi connectivity index (χ0v) is 6.89. The average molecular weight is 140 g/mol. The number of ether oxygens (including phenoxy) is 1. The minimum absolute atomic E-state index is 0.0486. The first-order chi connectivity index (χ1) is 4.77. The molecule has 0 saturated carbocycles. The zero-order valence-electron chi connectivity index (χ0n) is 6.89. The van der Waals surface area contributed by atoms with Crippen molar-refractivity contribution in [2.75, 3.05) is 6.61 Å². The van der Waals surface area contributed by atoms with E-state index in [2.05, 4.69) is 19.1 Å². The first-order valence-corrected chi connectivity index (χ1v) is 4.08. The summed E-state index contributed by atoms with van der Waals surface area (Å²) in [6.45, 7) is 5.03. The van der Waals surface area contributed by atoms with Gasteiger partial charge in [-0.3, -0.25) is 0 Å². The third-order valence-electron chi connectivity index (χ3n) is 1.99. The molecule has 0 aromatic heterocycles. The Morgan fingerprint density at radius 2 is 2.40 bits per heavy atom. The molecule has 58 valence electrons. The van der Waals surface area contributed by atoms with Gasteiger partial charge >= 0.3 is 0 Å². The summed E-state index contributed by atoms with van der Waals surface area (Å²) in [7, 11) is 0. The van der Waals surface area contributed by atoms with Crippen molar-refractivity contribution in [3.63, 3.8) is 0 Å². The van der Waals surface area contributed by atoms with Gasteiger partial charge in [-0.25, -0.2) is 0 Å². The maximum Gasteiger partial charge on any atom is 0.0834 e. The SMILES string of the molecule is CCOC1(C)C=CCCC1. The minimum Gasteiger partial charge on any atom is -0.372 e. The van der Waals surface area contributed by atoms with Gasteiger partial charge in [0.2, 0.25) is 0 Å². The Hall–Kier alpha value is -0.300. The van der Waals surface area contributed by atoms with Crippen LogP contribution in [0.4, 0.5) is 0 Å². The van der Waals surface area contributed by atoms with Gasteiger partial charge < -0.3 is 4.74 Å². The van der Waals surface area contributed by atoms with Crippen LogP contribution in [0.5, 0.6) is 0 Å². The molecule has 0 aromatic rings. The molecule has 0 amide bonds. The van der Waals surface area contributed by atoms with E-state index >= 15 is 0 Å². The van der Waals surface area contributed by atoms with Crippen LogP contribution in [-0.2, 0) is 4.74 Å². The molecule has 0 aliphatic heterocycles. The number of rotatable bonds is 2. The molecular weight excluding hydrogens is 124 g/mol. The van der Waals surface area contributed by atoms with E-state index in [1.54, 1.807) is 0 Å². The minimum atomic E-state index is 0.0486. The number of allylic oxidation sites excluding steroid dienone is 1. The van der Waals surface area contributed by atoms with E-state index < -0.39 is 0 Å². The van der Waals surface area contributed by atoms with Crippen molar-refractivity contribution >= 4 is 0 Å². The van der Waals surface area contributed by atoms with Gasteiger partial charge in [0.05, 0.1) is 5.60 Å². The number of hydrogen-bond donors (Lipinski definition) is 0. The van der Waals surface area contributed by atoms with Crippen molar-refractivity contribution in [2.24, 2.45) is 0 Å². The van der Waals surface area contributed by atoms with Crippen molar-refractivity contribution in [3.05, 3.63) is 12.2 Å². The third kappa shape index (κ3) is 1.84. The monoisotopic (exact) mass is 140 g/mol. The van der Waals surface area contributed by atoms with Gasteiger partial charge in [-0.2, -0.15) is 0 Å². The van der Waals surface area contributed by atoms with Gasteiger partial charge in [0.15, 0.2) is 0 Å². The second-order valence-electron chi connectivity index (χ2n) is 3.04. The van der Waals surface area contributed by atoms with Crippen LogP contribution in [0.1, 0.15) is 33.1 Å². The Morgan fingerprint density at radius 3 is 2.90 bits per heavy atom. The van der Waals surface area contributed by atoms with E-state index in [-0.39, 0.29) is 5.60 Å². The molecule has 10 heavy (non-hydrogen) atoms. The second-order valence-corrected chi connectivity index (χ2v) is 3.04. The van der Waals surface area contributed by atoms with Crippen molar-refractivity contribution in [1.29, 1.82) is 0 Å². The quantitative estimate of drug-likeness (QED) is 0.535. The molecule has 1 unspecified atom stereocenters. The van der Waals surface area contributed by atoms with Crippen LogP contribution < -0.4 is 0 Å². The average Bonchev–Trinajstić information content (AvgIpc) is 1.89. The van der Waals surface area contributed by atoms with Crippen LogP contribution in [0.3, 0.4) is 0 Å². The van der Waals surface area contributed by atoms with Crippen LogP contribution in [-0.4, -0.2) is 12.2 Å². The fourth-order valence-corrected chi connectivity index (χ4v) is 1.44. The predicted molar refractivity (Wildman–Crippen MR) is 43.0 cm³/mol. The molecule has 1 aliphatic rings. The Kier molecular flexibility index (Phi) is 2.50. The van der Waals surface area contributed by atoms with Crippen LogP contribution in [0.25, 0.3) is 0 Å². The van der Waals surface area contributed by atoms with E-state index in [1.165, 1.54) is 19.3 Å². The van der Waals surface area contributed by atoms with Crippen molar-refractivity contribution in [3.8, 4) is 0 Å². The fraction of sp³-hybridized carbons (Fsp3) is 0.778. The van der Waals surface area contributed by atoms with E-state index in [0.717, 1.165) is 6.61 Å². The highest BCUT2D eigenvalue weighted by atomic mass is 16.5. The Morgan fingerprint density at radius 1 is 1.60 bits per heavy atom. The zero-order chi connectivity index (χ0) is 7.45. The Bertz CT molecular complexity index is 129. The largest absolute Gasteiger partial charge is 0.372 e. The van der Waals surface area contributed by atoms with Gasteiger partial charge in [0, 0.05) is 6.61 Å². The third-order valence-corrected chi connectivity index (χ3v) is 1.99. The van der Waals surface area contributed by atoms with E-state index in [1.807, 2.05) is 6.92 Å². The normalized spacial score (nSPS) is 32.6. The molecular formula is C9H16O. The molecule has 1 atom stereocenters. The molecule has 1 nitrogen and oxygen atoms in total. The topological polar surface area (TPSA) is 9.23 Å². The summed E-state index contributed by atoms with van der Waals surface area (Å²) in [6.07, 6.45) is 8.09. The summed E-state index contributed by atoms with van der Waals surface area (Å²) in [5, 5.41) is 0. The molecule has 1 heteroatoms. The standard InChI is InChI=1S/C9H16O/c1-3-10-9(2)7-5-4-6-8-9/h5,7H,3-4,6,8H2,1-2H3. The smallest absolute Gasteiger partial charge is 0.0834 e. The van der Waals surface area contributed by atoms with Crippen LogP contribution >= 0.6 is 0 Å². The summed E-state index contributed by atoms with van der Waals surface area (Å²) in [6, 6.07) is 0. The summed E-state index contributed by atoms with van der Waals surface area (Å²) < 4.78 is 5.58. The predicted octanol–water partition coefficient (Wildman–Crippen LogP) is 2.52.